The van der Waals surface area contributed by atoms with Gasteiger partial charge in [-0.1, -0.05) is 30.7 Å². The Hall–Kier alpha value is -3.32. The number of aryl methyl sites for hydroxylation is 1. The van der Waals surface area contributed by atoms with Gasteiger partial charge in [0.1, 0.15) is 17.0 Å². The maximum Gasteiger partial charge on any atom is 0.222 e. The van der Waals surface area contributed by atoms with Gasteiger partial charge in [0.25, 0.3) is 0 Å². The minimum Gasteiger partial charge on any atom is -0.368 e. The molecule has 4 heterocycles. The van der Waals surface area contributed by atoms with Crippen molar-refractivity contribution in [3.63, 3.8) is 0 Å². The number of imidazole rings is 1. The molecule has 0 atom stereocenters. The Morgan fingerprint density at radius 1 is 0.871 bits per heavy atom. The van der Waals surface area contributed by atoms with Gasteiger partial charge >= 0.3 is 0 Å². The summed E-state index contributed by atoms with van der Waals surface area (Å²) < 4.78 is 1.96. The monoisotopic (exact) mass is 413 g/mol. The Balaban J connectivity index is 1.45. The summed E-state index contributed by atoms with van der Waals surface area (Å²) >= 11 is 0. The van der Waals surface area contributed by atoms with E-state index in [1.807, 2.05) is 23.7 Å². The average Bonchev–Trinajstić information content (AvgIpc) is 3.15. The fourth-order valence-corrected chi connectivity index (χ4v) is 4.34. The lowest BCUT2D eigenvalue weighted by Gasteiger charge is -2.26. The molecular weight excluding hydrogens is 386 g/mol. The molecule has 1 aliphatic heterocycles. The van der Waals surface area contributed by atoms with Crippen molar-refractivity contribution < 1.29 is 0 Å². The second-order valence-corrected chi connectivity index (χ2v) is 8.18. The third-order valence-corrected chi connectivity index (χ3v) is 6.07. The van der Waals surface area contributed by atoms with Gasteiger partial charge < -0.3 is 15.2 Å². The van der Waals surface area contributed by atoms with Crippen molar-refractivity contribution in [3.05, 3.63) is 54.4 Å². The number of hydrogen-bond acceptors (Lipinski definition) is 6. The van der Waals surface area contributed by atoms with Crippen molar-refractivity contribution in [1.82, 2.24) is 29.4 Å². The van der Waals surface area contributed by atoms with Crippen molar-refractivity contribution in [1.29, 1.82) is 0 Å². The standard InChI is InChI=1S/C24H27N7/c1-30-22(19-9-12-26-13-10-19)27-21-20(28-24(25)29-23(21)30)18-7-5-17(6-8-18)11-16-31-14-3-2-4-15-31/h5-10,12-13H,2-4,11,14-16H2,1H3,(H2,25,28,29). The van der Waals surface area contributed by atoms with Gasteiger partial charge in [0, 0.05) is 37.1 Å². The number of rotatable bonds is 5. The summed E-state index contributed by atoms with van der Waals surface area (Å²) in [6.07, 6.45) is 8.62. The van der Waals surface area contributed by atoms with Gasteiger partial charge in [-0.3, -0.25) is 4.98 Å². The second kappa shape index (κ2) is 8.43. The van der Waals surface area contributed by atoms with Crippen LogP contribution in [0.3, 0.4) is 0 Å². The van der Waals surface area contributed by atoms with Crippen molar-refractivity contribution in [3.8, 4) is 22.6 Å². The highest BCUT2D eigenvalue weighted by Gasteiger charge is 2.18. The van der Waals surface area contributed by atoms with E-state index in [4.69, 9.17) is 10.7 Å². The molecule has 0 bridgehead atoms. The number of fused-ring (bicyclic) bond motifs is 1. The minimum atomic E-state index is 0.251. The first-order chi connectivity index (χ1) is 15.2. The van der Waals surface area contributed by atoms with Crippen molar-refractivity contribution >= 4 is 17.1 Å². The van der Waals surface area contributed by atoms with Crippen LogP contribution < -0.4 is 5.73 Å². The maximum atomic E-state index is 6.06. The highest BCUT2D eigenvalue weighted by atomic mass is 15.2. The minimum absolute atomic E-state index is 0.251. The first-order valence-electron chi connectivity index (χ1n) is 10.9. The number of aromatic nitrogens is 5. The lowest BCUT2D eigenvalue weighted by Crippen LogP contribution is -2.31. The number of pyridine rings is 1. The van der Waals surface area contributed by atoms with Crippen LogP contribution in [-0.4, -0.2) is 49.0 Å². The SMILES string of the molecule is Cn1c(-c2ccncc2)nc2c(-c3ccc(CCN4CCCCC4)cc3)nc(N)nc21. The van der Waals surface area contributed by atoms with Gasteiger partial charge in [-0.15, -0.1) is 0 Å². The molecule has 1 saturated heterocycles. The van der Waals surface area contributed by atoms with Crippen LogP contribution in [0.4, 0.5) is 5.95 Å². The van der Waals surface area contributed by atoms with E-state index in [-0.39, 0.29) is 5.95 Å². The Kier molecular flexibility index (Phi) is 5.34. The van der Waals surface area contributed by atoms with Crippen molar-refractivity contribution in [2.24, 2.45) is 7.05 Å². The van der Waals surface area contributed by atoms with Crippen molar-refractivity contribution in [2.75, 3.05) is 25.4 Å². The van der Waals surface area contributed by atoms with Crippen molar-refractivity contribution in [2.45, 2.75) is 25.7 Å². The molecule has 7 heteroatoms. The van der Waals surface area contributed by atoms with E-state index in [1.54, 1.807) is 12.4 Å². The zero-order valence-corrected chi connectivity index (χ0v) is 17.8. The quantitative estimate of drug-likeness (QED) is 0.537. The van der Waals surface area contributed by atoms with E-state index < -0.39 is 0 Å². The molecule has 1 aromatic carbocycles. The highest BCUT2D eigenvalue weighted by molar-refractivity contribution is 5.90. The Labute approximate surface area is 182 Å². The predicted molar refractivity (Wildman–Crippen MR) is 123 cm³/mol. The highest BCUT2D eigenvalue weighted by Crippen LogP contribution is 2.30. The second-order valence-electron chi connectivity index (χ2n) is 8.18. The first kappa shape index (κ1) is 19.6. The van der Waals surface area contributed by atoms with E-state index >= 15 is 0 Å². The molecule has 0 unspecified atom stereocenters. The summed E-state index contributed by atoms with van der Waals surface area (Å²) in [7, 11) is 1.95. The largest absolute Gasteiger partial charge is 0.368 e. The summed E-state index contributed by atoms with van der Waals surface area (Å²) in [5.74, 6) is 1.07. The molecule has 1 fully saturated rings. The van der Waals surface area contributed by atoms with Crippen LogP contribution in [0.5, 0.6) is 0 Å². The number of piperidine rings is 1. The molecule has 0 spiro atoms. The molecule has 0 saturated carbocycles. The van der Waals surface area contributed by atoms with Crippen LogP contribution in [0, 0.1) is 0 Å². The smallest absolute Gasteiger partial charge is 0.222 e. The number of anilines is 1. The van der Waals surface area contributed by atoms with Crippen LogP contribution >= 0.6 is 0 Å². The molecule has 2 N–H and O–H groups in total. The molecule has 1 aliphatic rings. The molecule has 158 valence electrons. The van der Waals surface area contributed by atoms with Gasteiger partial charge in [0.15, 0.2) is 5.65 Å². The van der Waals surface area contributed by atoms with E-state index in [0.29, 0.717) is 0 Å². The number of nitrogen functional groups attached to an aromatic ring is 1. The van der Waals surface area contributed by atoms with Gasteiger partial charge in [0.2, 0.25) is 5.95 Å². The lowest BCUT2D eigenvalue weighted by molar-refractivity contribution is 0.231. The fraction of sp³-hybridized carbons (Fsp3) is 0.333. The van der Waals surface area contributed by atoms with Gasteiger partial charge in [-0.05, 0) is 50.0 Å². The predicted octanol–water partition coefficient (Wildman–Crippen LogP) is 3.70. The number of benzene rings is 1. The molecule has 31 heavy (non-hydrogen) atoms. The third kappa shape index (κ3) is 4.01. The van der Waals surface area contributed by atoms with Crippen LogP contribution in [0.25, 0.3) is 33.8 Å². The summed E-state index contributed by atoms with van der Waals surface area (Å²) in [6, 6.07) is 12.5. The zero-order chi connectivity index (χ0) is 21.2. The first-order valence-corrected chi connectivity index (χ1v) is 10.9. The van der Waals surface area contributed by atoms with Gasteiger partial charge in [-0.25, -0.2) is 9.97 Å². The van der Waals surface area contributed by atoms with Gasteiger partial charge in [-0.2, -0.15) is 4.98 Å². The number of nitrogens with two attached hydrogens (primary N) is 1. The van der Waals surface area contributed by atoms with E-state index in [9.17, 15) is 0 Å². The van der Waals surface area contributed by atoms with Crippen LogP contribution in [0.15, 0.2) is 48.8 Å². The average molecular weight is 414 g/mol. The number of nitrogens with zero attached hydrogens (tertiary/aromatic N) is 6. The van der Waals surface area contributed by atoms with E-state index in [0.717, 1.165) is 46.8 Å². The molecule has 7 nitrogen and oxygen atoms in total. The Morgan fingerprint density at radius 2 is 1.61 bits per heavy atom. The molecule has 4 aromatic rings. The van der Waals surface area contributed by atoms with Gasteiger partial charge in [0.05, 0.1) is 0 Å². The summed E-state index contributed by atoms with van der Waals surface area (Å²) in [4.78, 5) is 20.5. The maximum absolute atomic E-state index is 6.06. The lowest BCUT2D eigenvalue weighted by atomic mass is 10.1. The summed E-state index contributed by atoms with van der Waals surface area (Å²) in [6.45, 7) is 3.59. The molecule has 0 aliphatic carbocycles. The molecule has 0 amide bonds. The molecule has 5 rings (SSSR count). The molecule has 0 radical (unpaired) electrons. The zero-order valence-electron chi connectivity index (χ0n) is 17.8. The molecular formula is C24H27N7. The van der Waals surface area contributed by atoms with E-state index in [1.165, 1.54) is 37.9 Å². The van der Waals surface area contributed by atoms with E-state index in [2.05, 4.69) is 44.1 Å². The van der Waals surface area contributed by atoms with Crippen LogP contribution in [0.2, 0.25) is 0 Å². The van der Waals surface area contributed by atoms with Crippen LogP contribution in [-0.2, 0) is 13.5 Å². The summed E-state index contributed by atoms with van der Waals surface area (Å²) in [5, 5.41) is 0. The normalized spacial score (nSPS) is 14.9. The molecule has 3 aromatic heterocycles. The third-order valence-electron chi connectivity index (χ3n) is 6.07. The fourth-order valence-electron chi connectivity index (χ4n) is 4.34. The Morgan fingerprint density at radius 3 is 2.35 bits per heavy atom. The summed E-state index contributed by atoms with van der Waals surface area (Å²) in [5.41, 5.74) is 11.6. The topological polar surface area (TPSA) is 85.8 Å². The Bertz CT molecular complexity index is 1180. The number of hydrogen-bond donors (Lipinski definition) is 1. The number of likely N-dealkylation sites (tertiary alicyclic amines) is 1. The van der Waals surface area contributed by atoms with Crippen LogP contribution in [0.1, 0.15) is 24.8 Å².